The molecule has 1 amide bonds. The van der Waals surface area contributed by atoms with Gasteiger partial charge in [0.05, 0.1) is 5.92 Å². The van der Waals surface area contributed by atoms with Crippen LogP contribution in [0.2, 0.25) is 0 Å². The van der Waals surface area contributed by atoms with Crippen LogP contribution in [0.1, 0.15) is 24.0 Å². The molecule has 0 saturated carbocycles. The summed E-state index contributed by atoms with van der Waals surface area (Å²) in [6.45, 7) is 5.98. The number of nitrogens with one attached hydrogen (secondary N) is 2. The standard InChI is InChI=1S/C14H20N2O/c1-10-5-6-13(8-11(10)2)16-14(17)12-4-3-7-15-9-12/h5-6,8,12,15H,3-4,7,9H2,1-2H3,(H,16,17)/t12-/m1/s1. The fraction of sp³-hybridized carbons (Fsp3) is 0.500. The highest BCUT2D eigenvalue weighted by atomic mass is 16.1. The van der Waals surface area contributed by atoms with Crippen LogP contribution in [0.3, 0.4) is 0 Å². The molecule has 3 nitrogen and oxygen atoms in total. The molecule has 1 aliphatic heterocycles. The van der Waals surface area contributed by atoms with Crippen molar-refractivity contribution in [3.05, 3.63) is 29.3 Å². The predicted octanol–water partition coefficient (Wildman–Crippen LogP) is 2.24. The molecule has 2 N–H and O–H groups in total. The maximum Gasteiger partial charge on any atom is 0.228 e. The number of aryl methyl sites for hydroxylation is 2. The van der Waals surface area contributed by atoms with Gasteiger partial charge < -0.3 is 10.6 Å². The van der Waals surface area contributed by atoms with Gasteiger partial charge in [0.15, 0.2) is 0 Å². The molecular weight excluding hydrogens is 212 g/mol. The summed E-state index contributed by atoms with van der Waals surface area (Å²) in [5, 5.41) is 6.26. The molecule has 17 heavy (non-hydrogen) atoms. The largest absolute Gasteiger partial charge is 0.326 e. The highest BCUT2D eigenvalue weighted by Crippen LogP contribution is 2.17. The first-order chi connectivity index (χ1) is 8.16. The Labute approximate surface area is 103 Å². The van der Waals surface area contributed by atoms with E-state index in [0.29, 0.717) is 0 Å². The molecule has 3 heteroatoms. The average Bonchev–Trinajstić information content (AvgIpc) is 2.35. The molecule has 1 saturated heterocycles. The van der Waals surface area contributed by atoms with Crippen molar-refractivity contribution in [1.29, 1.82) is 0 Å². The molecule has 0 aliphatic carbocycles. The summed E-state index contributed by atoms with van der Waals surface area (Å²) < 4.78 is 0. The van der Waals surface area contributed by atoms with Crippen molar-refractivity contribution in [3.8, 4) is 0 Å². The number of anilines is 1. The monoisotopic (exact) mass is 232 g/mol. The van der Waals surface area contributed by atoms with Gasteiger partial charge in [0.1, 0.15) is 0 Å². The molecular formula is C14H20N2O. The molecule has 1 aromatic rings. The quantitative estimate of drug-likeness (QED) is 0.821. The Hall–Kier alpha value is -1.35. The Kier molecular flexibility index (Phi) is 3.79. The van der Waals surface area contributed by atoms with E-state index in [1.807, 2.05) is 18.2 Å². The molecule has 0 aromatic heterocycles. The second kappa shape index (κ2) is 5.32. The van der Waals surface area contributed by atoms with Crippen molar-refractivity contribution in [2.24, 2.45) is 5.92 Å². The Bertz CT molecular complexity index is 409. The van der Waals surface area contributed by atoms with Crippen LogP contribution in [0.15, 0.2) is 18.2 Å². The van der Waals surface area contributed by atoms with Crippen LogP contribution in [0, 0.1) is 19.8 Å². The van der Waals surface area contributed by atoms with Crippen molar-refractivity contribution in [2.45, 2.75) is 26.7 Å². The van der Waals surface area contributed by atoms with Crippen LogP contribution in [-0.4, -0.2) is 19.0 Å². The summed E-state index contributed by atoms with van der Waals surface area (Å²) in [7, 11) is 0. The number of piperidine rings is 1. The van der Waals surface area contributed by atoms with Gasteiger partial charge in [-0.25, -0.2) is 0 Å². The molecule has 92 valence electrons. The maximum absolute atomic E-state index is 12.0. The van der Waals surface area contributed by atoms with Crippen molar-refractivity contribution < 1.29 is 4.79 Å². The minimum Gasteiger partial charge on any atom is -0.326 e. The summed E-state index contributed by atoms with van der Waals surface area (Å²) in [4.78, 5) is 12.0. The van der Waals surface area contributed by atoms with Crippen LogP contribution < -0.4 is 10.6 Å². The molecule has 0 unspecified atom stereocenters. The summed E-state index contributed by atoms with van der Waals surface area (Å²) in [5.74, 6) is 0.255. The summed E-state index contributed by atoms with van der Waals surface area (Å²) >= 11 is 0. The second-order valence-corrected chi connectivity index (χ2v) is 4.83. The first-order valence-corrected chi connectivity index (χ1v) is 6.25. The summed E-state index contributed by atoms with van der Waals surface area (Å²) in [6, 6.07) is 6.05. The number of carbonyl (C=O) groups is 1. The Morgan fingerprint density at radius 3 is 2.82 bits per heavy atom. The Morgan fingerprint density at radius 1 is 1.35 bits per heavy atom. The van der Waals surface area contributed by atoms with Gasteiger partial charge in [0.2, 0.25) is 5.91 Å². The van der Waals surface area contributed by atoms with E-state index in [-0.39, 0.29) is 11.8 Å². The van der Waals surface area contributed by atoms with E-state index in [1.165, 1.54) is 11.1 Å². The zero-order chi connectivity index (χ0) is 12.3. The van der Waals surface area contributed by atoms with Crippen LogP contribution in [0.25, 0.3) is 0 Å². The van der Waals surface area contributed by atoms with Gasteiger partial charge in [0.25, 0.3) is 0 Å². The lowest BCUT2D eigenvalue weighted by molar-refractivity contribution is -0.120. The van der Waals surface area contributed by atoms with Gasteiger partial charge in [0, 0.05) is 12.2 Å². The normalized spacial score (nSPS) is 20.0. The summed E-state index contributed by atoms with van der Waals surface area (Å²) in [5.41, 5.74) is 3.37. The number of hydrogen-bond donors (Lipinski definition) is 2. The number of benzene rings is 1. The lowest BCUT2D eigenvalue weighted by Crippen LogP contribution is -2.37. The van der Waals surface area contributed by atoms with Gasteiger partial charge in [-0.1, -0.05) is 6.07 Å². The molecule has 1 aromatic carbocycles. The van der Waals surface area contributed by atoms with Crippen molar-refractivity contribution in [3.63, 3.8) is 0 Å². The summed E-state index contributed by atoms with van der Waals surface area (Å²) in [6.07, 6.45) is 2.08. The van der Waals surface area contributed by atoms with Gasteiger partial charge in [-0.05, 0) is 56.5 Å². The molecule has 1 fully saturated rings. The van der Waals surface area contributed by atoms with Crippen LogP contribution in [0.4, 0.5) is 5.69 Å². The minimum atomic E-state index is 0.116. The number of hydrogen-bond acceptors (Lipinski definition) is 2. The van der Waals surface area contributed by atoms with Gasteiger partial charge in [-0.3, -0.25) is 4.79 Å². The van der Waals surface area contributed by atoms with Gasteiger partial charge in [-0.2, -0.15) is 0 Å². The highest BCUT2D eigenvalue weighted by Gasteiger charge is 2.20. The van der Waals surface area contributed by atoms with Crippen molar-refractivity contribution in [2.75, 3.05) is 18.4 Å². The van der Waals surface area contributed by atoms with E-state index >= 15 is 0 Å². The first-order valence-electron chi connectivity index (χ1n) is 6.25. The van der Waals surface area contributed by atoms with Crippen LogP contribution in [0.5, 0.6) is 0 Å². The third kappa shape index (κ3) is 3.07. The lowest BCUT2D eigenvalue weighted by atomic mass is 9.98. The lowest BCUT2D eigenvalue weighted by Gasteiger charge is -2.22. The zero-order valence-corrected chi connectivity index (χ0v) is 10.5. The average molecular weight is 232 g/mol. The van der Waals surface area contributed by atoms with E-state index < -0.39 is 0 Å². The maximum atomic E-state index is 12.0. The molecule has 0 radical (unpaired) electrons. The number of amides is 1. The number of carbonyl (C=O) groups excluding carboxylic acids is 1. The van der Waals surface area contributed by atoms with E-state index in [9.17, 15) is 4.79 Å². The molecule has 1 aliphatic rings. The molecule has 1 heterocycles. The van der Waals surface area contributed by atoms with E-state index in [0.717, 1.165) is 31.6 Å². The van der Waals surface area contributed by atoms with Gasteiger partial charge in [-0.15, -0.1) is 0 Å². The number of rotatable bonds is 2. The Morgan fingerprint density at radius 2 is 2.18 bits per heavy atom. The van der Waals surface area contributed by atoms with Crippen LogP contribution in [-0.2, 0) is 4.79 Å². The Balaban J connectivity index is 1.99. The van der Waals surface area contributed by atoms with E-state index in [1.54, 1.807) is 0 Å². The smallest absolute Gasteiger partial charge is 0.228 e. The third-order valence-electron chi connectivity index (χ3n) is 3.44. The van der Waals surface area contributed by atoms with E-state index in [2.05, 4.69) is 24.5 Å². The zero-order valence-electron chi connectivity index (χ0n) is 10.5. The molecule has 0 spiro atoms. The fourth-order valence-electron chi connectivity index (χ4n) is 2.14. The molecule has 1 atom stereocenters. The molecule has 2 rings (SSSR count). The topological polar surface area (TPSA) is 41.1 Å². The second-order valence-electron chi connectivity index (χ2n) is 4.83. The minimum absolute atomic E-state index is 0.116. The van der Waals surface area contributed by atoms with Crippen molar-refractivity contribution >= 4 is 11.6 Å². The third-order valence-corrected chi connectivity index (χ3v) is 3.44. The first kappa shape index (κ1) is 12.1. The SMILES string of the molecule is Cc1ccc(NC(=O)[C@@H]2CCCNC2)cc1C. The predicted molar refractivity (Wildman–Crippen MR) is 70.1 cm³/mol. The molecule has 0 bridgehead atoms. The van der Waals surface area contributed by atoms with Crippen LogP contribution >= 0.6 is 0 Å². The fourth-order valence-corrected chi connectivity index (χ4v) is 2.14. The van der Waals surface area contributed by atoms with E-state index in [4.69, 9.17) is 0 Å². The highest BCUT2D eigenvalue weighted by molar-refractivity contribution is 5.92. The van der Waals surface area contributed by atoms with Crippen molar-refractivity contribution in [1.82, 2.24) is 5.32 Å². The van der Waals surface area contributed by atoms with Gasteiger partial charge >= 0.3 is 0 Å².